The zero-order chi connectivity index (χ0) is 14.2. The molecule has 0 aliphatic carbocycles. The number of carbonyl (C=O) groups is 2. The summed E-state index contributed by atoms with van der Waals surface area (Å²) in [4.78, 5) is 35.1. The summed E-state index contributed by atoms with van der Waals surface area (Å²) in [6.45, 7) is 3.45. The number of nitro benzene ring substituents is 1. The number of urea groups is 1. The Kier molecular flexibility index (Phi) is 2.97. The molecule has 1 unspecified atom stereocenters. The smallest absolute Gasteiger partial charge is 0.323 e. The van der Waals surface area contributed by atoms with Crippen LogP contribution in [0, 0.1) is 10.1 Å². The SMILES string of the molecule is CCC1(C)NC(=O)N(c2ccc([N+](=O)[O-])cc2)C1=O. The van der Waals surface area contributed by atoms with Crippen LogP contribution in [0.3, 0.4) is 0 Å². The second kappa shape index (κ2) is 4.34. The van der Waals surface area contributed by atoms with Gasteiger partial charge in [-0.05, 0) is 25.5 Å². The number of carbonyl (C=O) groups excluding carboxylic acids is 2. The van der Waals surface area contributed by atoms with Gasteiger partial charge in [0.2, 0.25) is 0 Å². The zero-order valence-electron chi connectivity index (χ0n) is 10.5. The Bertz CT molecular complexity index is 555. The summed E-state index contributed by atoms with van der Waals surface area (Å²) in [6.07, 6.45) is 0.473. The average Bonchev–Trinajstić information content (AvgIpc) is 2.61. The van der Waals surface area contributed by atoms with Crippen molar-refractivity contribution in [3.8, 4) is 0 Å². The molecule has 0 saturated carbocycles. The maximum Gasteiger partial charge on any atom is 0.329 e. The highest BCUT2D eigenvalue weighted by molar-refractivity contribution is 6.23. The first-order chi connectivity index (χ1) is 8.89. The molecule has 1 fully saturated rings. The lowest BCUT2D eigenvalue weighted by Crippen LogP contribution is -2.43. The molecule has 1 aromatic carbocycles. The molecule has 100 valence electrons. The third-order valence-electron chi connectivity index (χ3n) is 3.29. The molecule has 1 aliphatic rings. The Morgan fingerprint density at radius 3 is 2.32 bits per heavy atom. The Balaban J connectivity index is 2.34. The van der Waals surface area contributed by atoms with E-state index in [1.807, 2.05) is 0 Å². The number of anilines is 1. The summed E-state index contributed by atoms with van der Waals surface area (Å²) in [7, 11) is 0. The van der Waals surface area contributed by atoms with E-state index < -0.39 is 16.5 Å². The lowest BCUT2D eigenvalue weighted by molar-refractivity contribution is -0.384. The van der Waals surface area contributed by atoms with E-state index in [1.54, 1.807) is 13.8 Å². The van der Waals surface area contributed by atoms with Crippen molar-refractivity contribution < 1.29 is 14.5 Å². The van der Waals surface area contributed by atoms with E-state index in [1.165, 1.54) is 24.3 Å². The van der Waals surface area contributed by atoms with Crippen molar-refractivity contribution in [2.24, 2.45) is 0 Å². The molecule has 1 saturated heterocycles. The van der Waals surface area contributed by atoms with Gasteiger partial charge < -0.3 is 5.32 Å². The Labute approximate surface area is 109 Å². The van der Waals surface area contributed by atoms with Gasteiger partial charge in [0.25, 0.3) is 11.6 Å². The number of imide groups is 1. The van der Waals surface area contributed by atoms with Crippen LogP contribution in [-0.4, -0.2) is 22.4 Å². The number of nitrogens with one attached hydrogen (secondary N) is 1. The molecule has 0 bridgehead atoms. The minimum Gasteiger partial charge on any atom is -0.323 e. The molecule has 3 amide bonds. The summed E-state index contributed by atoms with van der Waals surface area (Å²) in [6, 6.07) is 4.78. The topological polar surface area (TPSA) is 92.6 Å². The molecule has 1 aliphatic heterocycles. The molecule has 0 spiro atoms. The molecule has 19 heavy (non-hydrogen) atoms. The lowest BCUT2D eigenvalue weighted by atomic mass is 9.99. The molecular weight excluding hydrogens is 250 g/mol. The number of hydrogen-bond acceptors (Lipinski definition) is 4. The van der Waals surface area contributed by atoms with Gasteiger partial charge in [-0.25, -0.2) is 9.69 Å². The lowest BCUT2D eigenvalue weighted by Gasteiger charge is -2.19. The molecule has 1 heterocycles. The zero-order valence-corrected chi connectivity index (χ0v) is 10.5. The molecule has 7 nitrogen and oxygen atoms in total. The quantitative estimate of drug-likeness (QED) is 0.511. The fourth-order valence-electron chi connectivity index (χ4n) is 1.88. The second-order valence-electron chi connectivity index (χ2n) is 4.53. The second-order valence-corrected chi connectivity index (χ2v) is 4.53. The van der Waals surface area contributed by atoms with E-state index in [9.17, 15) is 19.7 Å². The third kappa shape index (κ3) is 2.03. The summed E-state index contributed by atoms with van der Waals surface area (Å²) in [5.41, 5.74) is -0.682. The van der Waals surface area contributed by atoms with E-state index in [2.05, 4.69) is 5.32 Å². The van der Waals surface area contributed by atoms with Gasteiger partial charge in [-0.3, -0.25) is 14.9 Å². The van der Waals surface area contributed by atoms with Gasteiger partial charge in [-0.2, -0.15) is 0 Å². The van der Waals surface area contributed by atoms with Crippen molar-refractivity contribution in [2.75, 3.05) is 4.90 Å². The number of rotatable bonds is 3. The van der Waals surface area contributed by atoms with Crippen LogP contribution in [0.5, 0.6) is 0 Å². The van der Waals surface area contributed by atoms with Gasteiger partial charge >= 0.3 is 6.03 Å². The molecule has 1 N–H and O–H groups in total. The van der Waals surface area contributed by atoms with Gasteiger partial charge in [-0.15, -0.1) is 0 Å². The third-order valence-corrected chi connectivity index (χ3v) is 3.29. The van der Waals surface area contributed by atoms with Crippen LogP contribution in [0.15, 0.2) is 24.3 Å². The van der Waals surface area contributed by atoms with Crippen LogP contribution in [0.1, 0.15) is 20.3 Å². The molecule has 0 aromatic heterocycles. The number of non-ortho nitro benzene ring substituents is 1. The van der Waals surface area contributed by atoms with E-state index in [0.717, 1.165) is 4.90 Å². The van der Waals surface area contributed by atoms with Crippen LogP contribution in [-0.2, 0) is 4.79 Å². The van der Waals surface area contributed by atoms with Gasteiger partial charge in [-0.1, -0.05) is 6.92 Å². The van der Waals surface area contributed by atoms with Crippen molar-refractivity contribution in [3.05, 3.63) is 34.4 Å². The first-order valence-corrected chi connectivity index (χ1v) is 5.80. The molecule has 2 rings (SSSR count). The fraction of sp³-hybridized carbons (Fsp3) is 0.333. The van der Waals surface area contributed by atoms with Gasteiger partial charge in [0.05, 0.1) is 10.6 Å². The molecule has 1 atom stereocenters. The van der Waals surface area contributed by atoms with Crippen LogP contribution < -0.4 is 10.2 Å². The number of nitro groups is 1. The minimum absolute atomic E-state index is 0.0888. The van der Waals surface area contributed by atoms with Gasteiger partial charge in [0, 0.05) is 12.1 Å². The Hall–Kier alpha value is -2.44. The van der Waals surface area contributed by atoms with Crippen molar-refractivity contribution in [3.63, 3.8) is 0 Å². The van der Waals surface area contributed by atoms with Crippen molar-refractivity contribution in [2.45, 2.75) is 25.8 Å². The molecular formula is C12H13N3O4. The monoisotopic (exact) mass is 263 g/mol. The van der Waals surface area contributed by atoms with Crippen molar-refractivity contribution in [1.29, 1.82) is 0 Å². The first kappa shape index (κ1) is 13.0. The normalized spacial score (nSPS) is 22.5. The number of hydrogen-bond donors (Lipinski definition) is 1. The van der Waals surface area contributed by atoms with E-state index in [0.29, 0.717) is 12.1 Å². The summed E-state index contributed by atoms with van der Waals surface area (Å²) >= 11 is 0. The highest BCUT2D eigenvalue weighted by atomic mass is 16.6. The fourth-order valence-corrected chi connectivity index (χ4v) is 1.88. The van der Waals surface area contributed by atoms with Gasteiger partial charge in [0.15, 0.2) is 0 Å². The predicted molar refractivity (Wildman–Crippen MR) is 67.8 cm³/mol. The number of amides is 3. The average molecular weight is 263 g/mol. The highest BCUT2D eigenvalue weighted by Crippen LogP contribution is 2.27. The minimum atomic E-state index is -0.918. The maximum atomic E-state index is 12.2. The molecule has 0 radical (unpaired) electrons. The number of benzene rings is 1. The standard InChI is InChI=1S/C12H13N3O4/c1-3-12(2)10(16)14(11(17)13-12)8-4-6-9(7-5-8)15(18)19/h4-7H,3H2,1-2H3,(H,13,17). The van der Waals surface area contributed by atoms with Gasteiger partial charge in [0.1, 0.15) is 5.54 Å². The Morgan fingerprint density at radius 2 is 1.89 bits per heavy atom. The van der Waals surface area contributed by atoms with Crippen LogP contribution in [0.4, 0.5) is 16.2 Å². The first-order valence-electron chi connectivity index (χ1n) is 5.80. The van der Waals surface area contributed by atoms with Crippen molar-refractivity contribution >= 4 is 23.3 Å². The highest BCUT2D eigenvalue weighted by Gasteiger charge is 2.47. The Morgan fingerprint density at radius 1 is 1.32 bits per heavy atom. The van der Waals surface area contributed by atoms with Crippen LogP contribution in [0.25, 0.3) is 0 Å². The summed E-state index contributed by atoms with van der Waals surface area (Å²) < 4.78 is 0. The van der Waals surface area contributed by atoms with Crippen molar-refractivity contribution in [1.82, 2.24) is 5.32 Å². The van der Waals surface area contributed by atoms with Crippen LogP contribution >= 0.6 is 0 Å². The predicted octanol–water partition coefficient (Wildman–Crippen LogP) is 1.82. The van der Waals surface area contributed by atoms with E-state index in [-0.39, 0.29) is 11.6 Å². The van der Waals surface area contributed by atoms with E-state index >= 15 is 0 Å². The maximum absolute atomic E-state index is 12.2. The molecule has 1 aromatic rings. The summed E-state index contributed by atoms with van der Waals surface area (Å²) in [5.74, 6) is -0.353. The molecule has 7 heteroatoms. The summed E-state index contributed by atoms with van der Waals surface area (Å²) in [5, 5.41) is 13.2. The number of nitrogens with zero attached hydrogens (tertiary/aromatic N) is 2. The largest absolute Gasteiger partial charge is 0.329 e. The van der Waals surface area contributed by atoms with Crippen LogP contribution in [0.2, 0.25) is 0 Å². The van der Waals surface area contributed by atoms with E-state index in [4.69, 9.17) is 0 Å².